The third kappa shape index (κ3) is 4.56. The molecule has 1 atom stereocenters. The summed E-state index contributed by atoms with van der Waals surface area (Å²) in [6.07, 6.45) is 1.85. The number of hydrogen-bond acceptors (Lipinski definition) is 6. The molecule has 3 aromatic rings. The predicted molar refractivity (Wildman–Crippen MR) is 96.1 cm³/mol. The van der Waals surface area contributed by atoms with Crippen molar-refractivity contribution in [3.8, 4) is 5.75 Å². The fraction of sp³-hybridized carbons (Fsp3) is 0.158. The van der Waals surface area contributed by atoms with Gasteiger partial charge in [-0.05, 0) is 37.3 Å². The van der Waals surface area contributed by atoms with E-state index in [9.17, 15) is 18.4 Å². The van der Waals surface area contributed by atoms with Crippen LogP contribution in [0, 0.1) is 0 Å². The molecule has 0 aliphatic carbocycles. The largest absolute Gasteiger partial charge is 0.449 e. The highest BCUT2D eigenvalue weighted by Gasteiger charge is 2.21. The second-order valence-corrected chi connectivity index (χ2v) is 5.67. The van der Waals surface area contributed by atoms with Crippen LogP contribution in [0.1, 0.15) is 17.3 Å². The van der Waals surface area contributed by atoms with Crippen molar-refractivity contribution in [2.75, 3.05) is 5.32 Å². The number of nitrogens with one attached hydrogen (secondary N) is 1. The highest BCUT2D eigenvalue weighted by Crippen LogP contribution is 2.25. The van der Waals surface area contributed by atoms with E-state index < -0.39 is 24.6 Å². The monoisotopic (exact) mass is 387 g/mol. The molecule has 0 unspecified atom stereocenters. The Hall–Kier alpha value is -3.62. The molecule has 1 amide bonds. The van der Waals surface area contributed by atoms with E-state index in [1.165, 1.54) is 49.6 Å². The van der Waals surface area contributed by atoms with Crippen LogP contribution in [-0.2, 0) is 9.53 Å². The Labute approximate surface area is 158 Å². The lowest BCUT2D eigenvalue weighted by atomic mass is 10.2. The van der Waals surface area contributed by atoms with Gasteiger partial charge in [-0.25, -0.2) is 4.79 Å². The fourth-order valence-electron chi connectivity index (χ4n) is 2.38. The van der Waals surface area contributed by atoms with Gasteiger partial charge >= 0.3 is 12.6 Å². The van der Waals surface area contributed by atoms with Crippen LogP contribution >= 0.6 is 0 Å². The maximum absolute atomic E-state index is 12.5. The molecule has 0 aliphatic heterocycles. The van der Waals surface area contributed by atoms with Crippen molar-refractivity contribution in [2.45, 2.75) is 19.6 Å². The number of ether oxygens (including phenoxy) is 2. The van der Waals surface area contributed by atoms with Crippen molar-refractivity contribution in [1.29, 1.82) is 0 Å². The molecule has 0 aliphatic rings. The van der Waals surface area contributed by atoms with E-state index >= 15 is 0 Å². The second kappa shape index (κ2) is 8.38. The molecule has 0 bridgehead atoms. The second-order valence-electron chi connectivity index (χ2n) is 5.67. The molecule has 28 heavy (non-hydrogen) atoms. The topological polar surface area (TPSA) is 90.4 Å². The molecule has 0 radical (unpaired) electrons. The van der Waals surface area contributed by atoms with E-state index in [2.05, 4.69) is 20.0 Å². The van der Waals surface area contributed by atoms with E-state index in [0.717, 1.165) is 0 Å². The molecule has 0 fully saturated rings. The minimum Gasteiger partial charge on any atom is -0.449 e. The van der Waals surface area contributed by atoms with Gasteiger partial charge in [0.05, 0.1) is 22.3 Å². The zero-order chi connectivity index (χ0) is 20.1. The SMILES string of the molecule is C[C@@H](OC(=O)c1ccc2nccnc2c1)C(=O)Nc1ccccc1OC(F)F. The molecule has 2 aromatic carbocycles. The predicted octanol–water partition coefficient (Wildman–Crippen LogP) is 3.42. The maximum Gasteiger partial charge on any atom is 0.387 e. The summed E-state index contributed by atoms with van der Waals surface area (Å²) in [4.78, 5) is 32.8. The Kier molecular flexibility index (Phi) is 5.73. The molecule has 1 aromatic heterocycles. The number of nitrogens with zero attached hydrogens (tertiary/aromatic N) is 2. The molecule has 1 heterocycles. The van der Waals surface area contributed by atoms with E-state index in [1.807, 2.05) is 0 Å². The van der Waals surface area contributed by atoms with Crippen LogP contribution in [0.2, 0.25) is 0 Å². The van der Waals surface area contributed by atoms with E-state index in [1.54, 1.807) is 12.1 Å². The number of esters is 1. The highest BCUT2D eigenvalue weighted by atomic mass is 19.3. The van der Waals surface area contributed by atoms with Crippen LogP contribution in [0.3, 0.4) is 0 Å². The van der Waals surface area contributed by atoms with Crippen molar-refractivity contribution in [2.24, 2.45) is 0 Å². The number of benzene rings is 2. The molecule has 0 saturated carbocycles. The summed E-state index contributed by atoms with van der Waals surface area (Å²) < 4.78 is 34.4. The number of anilines is 1. The lowest BCUT2D eigenvalue weighted by Gasteiger charge is -2.15. The quantitative estimate of drug-likeness (QED) is 0.652. The van der Waals surface area contributed by atoms with Crippen LogP contribution in [0.15, 0.2) is 54.9 Å². The van der Waals surface area contributed by atoms with Gasteiger partial charge in [0.2, 0.25) is 0 Å². The van der Waals surface area contributed by atoms with Gasteiger partial charge in [-0.2, -0.15) is 8.78 Å². The van der Waals surface area contributed by atoms with Gasteiger partial charge in [0.25, 0.3) is 5.91 Å². The van der Waals surface area contributed by atoms with Gasteiger partial charge in [-0.15, -0.1) is 0 Å². The summed E-state index contributed by atoms with van der Waals surface area (Å²) in [6.45, 7) is -1.67. The number of aromatic nitrogens is 2. The van der Waals surface area contributed by atoms with Crippen LogP contribution < -0.4 is 10.1 Å². The normalized spacial score (nSPS) is 11.9. The van der Waals surface area contributed by atoms with Crippen LogP contribution in [-0.4, -0.2) is 34.6 Å². The lowest BCUT2D eigenvalue weighted by molar-refractivity contribution is -0.123. The summed E-state index contributed by atoms with van der Waals surface area (Å²) in [6, 6.07) is 10.3. The molecule has 0 spiro atoms. The fourth-order valence-corrected chi connectivity index (χ4v) is 2.38. The first-order valence-corrected chi connectivity index (χ1v) is 8.20. The average Bonchev–Trinajstić information content (AvgIpc) is 2.68. The number of fused-ring (bicyclic) bond motifs is 1. The van der Waals surface area contributed by atoms with Crippen molar-refractivity contribution in [1.82, 2.24) is 9.97 Å². The highest BCUT2D eigenvalue weighted by molar-refractivity contribution is 5.99. The van der Waals surface area contributed by atoms with Gasteiger partial charge in [0, 0.05) is 12.4 Å². The van der Waals surface area contributed by atoms with Gasteiger partial charge in [0.1, 0.15) is 5.75 Å². The van der Waals surface area contributed by atoms with Crippen molar-refractivity contribution < 1.29 is 27.8 Å². The Bertz CT molecular complexity index is 1010. The van der Waals surface area contributed by atoms with Crippen LogP contribution in [0.5, 0.6) is 5.75 Å². The molecule has 1 N–H and O–H groups in total. The first-order valence-electron chi connectivity index (χ1n) is 8.20. The van der Waals surface area contributed by atoms with E-state index in [4.69, 9.17) is 4.74 Å². The molecular weight excluding hydrogens is 372 g/mol. The summed E-state index contributed by atoms with van der Waals surface area (Å²) in [5, 5.41) is 2.41. The first kappa shape index (κ1) is 19.2. The Balaban J connectivity index is 1.67. The summed E-state index contributed by atoms with van der Waals surface area (Å²) >= 11 is 0. The standard InChI is InChI=1S/C19H15F2N3O4/c1-11(17(25)24-14-4-2-3-5-16(14)28-19(20)21)27-18(26)12-6-7-13-15(10-12)23-9-8-22-13/h2-11,19H,1H3,(H,24,25)/t11-/m1/s1. The zero-order valence-corrected chi connectivity index (χ0v) is 14.6. The third-order valence-electron chi connectivity index (χ3n) is 3.72. The van der Waals surface area contributed by atoms with E-state index in [0.29, 0.717) is 11.0 Å². The maximum atomic E-state index is 12.5. The van der Waals surface area contributed by atoms with Crippen LogP contribution in [0.25, 0.3) is 11.0 Å². The van der Waals surface area contributed by atoms with Gasteiger partial charge in [-0.3, -0.25) is 14.8 Å². The van der Waals surface area contributed by atoms with Gasteiger partial charge in [-0.1, -0.05) is 12.1 Å². The van der Waals surface area contributed by atoms with Gasteiger partial charge in [0.15, 0.2) is 6.10 Å². The minimum atomic E-state index is -3.04. The third-order valence-corrected chi connectivity index (χ3v) is 3.72. The number of rotatable bonds is 6. The summed E-state index contributed by atoms with van der Waals surface area (Å²) in [5.41, 5.74) is 1.36. The molecule has 3 rings (SSSR count). The molecule has 7 nitrogen and oxygen atoms in total. The van der Waals surface area contributed by atoms with Gasteiger partial charge < -0.3 is 14.8 Å². The number of carbonyl (C=O) groups is 2. The first-order chi connectivity index (χ1) is 13.4. The van der Waals surface area contributed by atoms with E-state index in [-0.39, 0.29) is 17.0 Å². The number of amides is 1. The average molecular weight is 387 g/mol. The number of hydrogen-bond donors (Lipinski definition) is 1. The smallest absolute Gasteiger partial charge is 0.387 e. The van der Waals surface area contributed by atoms with Crippen molar-refractivity contribution in [3.63, 3.8) is 0 Å². The number of halogens is 2. The Morgan fingerprint density at radius 1 is 1.04 bits per heavy atom. The molecule has 144 valence electrons. The minimum absolute atomic E-state index is 0.0386. The molecule has 0 saturated heterocycles. The Morgan fingerprint density at radius 2 is 1.75 bits per heavy atom. The zero-order valence-electron chi connectivity index (χ0n) is 14.6. The lowest BCUT2D eigenvalue weighted by Crippen LogP contribution is -2.30. The molecular formula is C19H15F2N3O4. The number of para-hydroxylation sites is 2. The summed E-state index contributed by atoms with van der Waals surface area (Å²) in [7, 11) is 0. The van der Waals surface area contributed by atoms with Crippen molar-refractivity contribution in [3.05, 3.63) is 60.4 Å². The number of carbonyl (C=O) groups excluding carboxylic acids is 2. The summed E-state index contributed by atoms with van der Waals surface area (Å²) in [5.74, 6) is -1.62. The number of alkyl halides is 2. The van der Waals surface area contributed by atoms with Crippen molar-refractivity contribution >= 4 is 28.6 Å². The van der Waals surface area contributed by atoms with Crippen LogP contribution in [0.4, 0.5) is 14.5 Å². The molecule has 9 heteroatoms. The Morgan fingerprint density at radius 3 is 2.50 bits per heavy atom.